The van der Waals surface area contributed by atoms with E-state index < -0.39 is 0 Å². The van der Waals surface area contributed by atoms with Crippen molar-refractivity contribution < 1.29 is 0 Å². The van der Waals surface area contributed by atoms with Crippen LogP contribution >= 0.6 is 22.9 Å². The number of thiophene rings is 1. The predicted molar refractivity (Wildman–Crippen MR) is 61.8 cm³/mol. The first-order valence-corrected chi connectivity index (χ1v) is 6.20. The smallest absolute Gasteiger partial charge is 0.0280 e. The molecule has 0 aliphatic rings. The zero-order valence-corrected chi connectivity index (χ0v) is 9.92. The Balaban J connectivity index is 2.58. The third-order valence-corrected chi connectivity index (χ3v) is 3.88. The molecule has 0 bridgehead atoms. The molecule has 0 saturated heterocycles. The molecular weight excluding hydrogens is 200 g/mol. The summed E-state index contributed by atoms with van der Waals surface area (Å²) in [6, 6.07) is 4.31. The van der Waals surface area contributed by atoms with E-state index in [2.05, 4.69) is 31.4 Å². The minimum Gasteiger partial charge on any atom is -0.149 e. The molecule has 1 rings (SSSR count). The summed E-state index contributed by atoms with van der Waals surface area (Å²) in [5.74, 6) is 0.763. The van der Waals surface area contributed by atoms with Gasteiger partial charge in [0.15, 0.2) is 0 Å². The van der Waals surface area contributed by atoms with Gasteiger partial charge in [0, 0.05) is 10.8 Å². The van der Waals surface area contributed by atoms with Crippen LogP contribution in [0.25, 0.3) is 0 Å². The highest BCUT2D eigenvalue weighted by Crippen LogP contribution is 2.31. The van der Waals surface area contributed by atoms with Crippen LogP contribution in [0.1, 0.15) is 31.6 Å². The Hall–Kier alpha value is -0.0100. The predicted octanol–water partition coefficient (Wildman–Crippen LogP) is 4.34. The molecule has 2 heteroatoms. The molecule has 0 saturated carbocycles. The standard InChI is InChI=1S/C11H17ClS/c1-3-6-11(2,9-12)8-10-5-4-7-13-10/h4-5,7H,3,6,8-9H2,1-2H3. The van der Waals surface area contributed by atoms with Crippen LogP contribution in [0.3, 0.4) is 0 Å². The van der Waals surface area contributed by atoms with Crippen molar-refractivity contribution in [2.75, 3.05) is 5.88 Å². The van der Waals surface area contributed by atoms with Gasteiger partial charge < -0.3 is 0 Å². The molecule has 0 radical (unpaired) electrons. The quantitative estimate of drug-likeness (QED) is 0.643. The second-order valence-electron chi connectivity index (χ2n) is 3.95. The average Bonchev–Trinajstić information content (AvgIpc) is 2.57. The summed E-state index contributed by atoms with van der Waals surface area (Å²) in [4.78, 5) is 1.46. The number of hydrogen-bond donors (Lipinski definition) is 0. The summed E-state index contributed by atoms with van der Waals surface area (Å²) in [5.41, 5.74) is 0.293. The first-order chi connectivity index (χ1) is 6.20. The number of halogens is 1. The maximum Gasteiger partial charge on any atom is 0.0280 e. The van der Waals surface area contributed by atoms with Gasteiger partial charge in [0.1, 0.15) is 0 Å². The third-order valence-electron chi connectivity index (χ3n) is 2.36. The number of hydrogen-bond acceptors (Lipinski definition) is 1. The second kappa shape index (κ2) is 5.02. The highest BCUT2D eigenvalue weighted by molar-refractivity contribution is 7.09. The lowest BCUT2D eigenvalue weighted by Crippen LogP contribution is -2.20. The maximum atomic E-state index is 6.01. The molecule has 0 nitrogen and oxygen atoms in total. The van der Waals surface area contributed by atoms with E-state index in [0.29, 0.717) is 5.41 Å². The molecule has 0 aliphatic carbocycles. The Bertz CT molecular complexity index is 230. The SMILES string of the molecule is CCCC(C)(CCl)Cc1cccs1. The van der Waals surface area contributed by atoms with Gasteiger partial charge in [0.05, 0.1) is 0 Å². The lowest BCUT2D eigenvalue weighted by molar-refractivity contribution is 0.337. The van der Waals surface area contributed by atoms with Gasteiger partial charge in [-0.1, -0.05) is 26.3 Å². The summed E-state index contributed by atoms with van der Waals surface area (Å²) in [5, 5.41) is 2.13. The molecule has 1 aromatic rings. The van der Waals surface area contributed by atoms with Crippen molar-refractivity contribution in [1.82, 2.24) is 0 Å². The highest BCUT2D eigenvalue weighted by atomic mass is 35.5. The summed E-state index contributed by atoms with van der Waals surface area (Å²) in [7, 11) is 0. The Morgan fingerprint density at radius 1 is 1.54 bits per heavy atom. The second-order valence-corrected chi connectivity index (χ2v) is 5.25. The van der Waals surface area contributed by atoms with E-state index in [1.165, 1.54) is 17.7 Å². The normalized spacial score (nSPS) is 15.6. The van der Waals surface area contributed by atoms with E-state index in [1.807, 2.05) is 11.3 Å². The molecule has 0 amide bonds. The van der Waals surface area contributed by atoms with Gasteiger partial charge in [-0.15, -0.1) is 22.9 Å². The van der Waals surface area contributed by atoms with Gasteiger partial charge in [-0.05, 0) is 29.7 Å². The van der Waals surface area contributed by atoms with Crippen molar-refractivity contribution >= 4 is 22.9 Å². The Morgan fingerprint density at radius 3 is 2.77 bits per heavy atom. The van der Waals surface area contributed by atoms with Crippen molar-refractivity contribution in [2.45, 2.75) is 33.1 Å². The van der Waals surface area contributed by atoms with Gasteiger partial charge in [-0.25, -0.2) is 0 Å². The van der Waals surface area contributed by atoms with E-state index >= 15 is 0 Å². The van der Waals surface area contributed by atoms with Crippen LogP contribution in [0.2, 0.25) is 0 Å². The first kappa shape index (κ1) is 11.1. The zero-order valence-electron chi connectivity index (χ0n) is 8.35. The van der Waals surface area contributed by atoms with Crippen molar-refractivity contribution in [3.05, 3.63) is 22.4 Å². The van der Waals surface area contributed by atoms with Crippen LogP contribution < -0.4 is 0 Å². The van der Waals surface area contributed by atoms with Crippen molar-refractivity contribution in [1.29, 1.82) is 0 Å². The Morgan fingerprint density at radius 2 is 2.31 bits per heavy atom. The van der Waals surface area contributed by atoms with Crippen LogP contribution in [-0.2, 0) is 6.42 Å². The molecule has 13 heavy (non-hydrogen) atoms. The third kappa shape index (κ3) is 3.32. The molecule has 1 unspecified atom stereocenters. The molecule has 0 N–H and O–H groups in total. The van der Waals surface area contributed by atoms with Crippen molar-refractivity contribution in [3.63, 3.8) is 0 Å². The van der Waals surface area contributed by atoms with E-state index in [0.717, 1.165) is 12.3 Å². The molecule has 0 aromatic carbocycles. The van der Waals surface area contributed by atoms with E-state index in [9.17, 15) is 0 Å². The number of alkyl halides is 1. The van der Waals surface area contributed by atoms with Crippen LogP contribution in [0.4, 0.5) is 0 Å². The summed E-state index contributed by atoms with van der Waals surface area (Å²) in [6.07, 6.45) is 3.56. The lowest BCUT2D eigenvalue weighted by Gasteiger charge is -2.25. The van der Waals surface area contributed by atoms with Crippen molar-refractivity contribution in [3.8, 4) is 0 Å². The molecule has 0 fully saturated rings. The highest BCUT2D eigenvalue weighted by Gasteiger charge is 2.22. The number of rotatable bonds is 5. The zero-order chi connectivity index (χ0) is 9.73. The fourth-order valence-electron chi connectivity index (χ4n) is 1.64. The summed E-state index contributed by atoms with van der Waals surface area (Å²) < 4.78 is 0. The average molecular weight is 217 g/mol. The summed E-state index contributed by atoms with van der Waals surface area (Å²) in [6.45, 7) is 4.50. The van der Waals surface area contributed by atoms with E-state index in [4.69, 9.17) is 11.6 Å². The van der Waals surface area contributed by atoms with Crippen molar-refractivity contribution in [2.24, 2.45) is 5.41 Å². The molecule has 0 spiro atoms. The van der Waals surface area contributed by atoms with Gasteiger partial charge in [0.25, 0.3) is 0 Å². The fraction of sp³-hybridized carbons (Fsp3) is 0.636. The molecule has 74 valence electrons. The Labute approximate surface area is 89.9 Å². The molecular formula is C11H17ClS. The minimum atomic E-state index is 0.293. The first-order valence-electron chi connectivity index (χ1n) is 4.78. The molecule has 1 aromatic heterocycles. The molecule has 1 atom stereocenters. The van der Waals surface area contributed by atoms with Crippen LogP contribution in [0, 0.1) is 5.41 Å². The topological polar surface area (TPSA) is 0 Å². The fourth-order valence-corrected chi connectivity index (χ4v) is 2.79. The minimum absolute atomic E-state index is 0.293. The largest absolute Gasteiger partial charge is 0.149 e. The van der Waals surface area contributed by atoms with Crippen LogP contribution in [0.5, 0.6) is 0 Å². The Kier molecular flexibility index (Phi) is 4.27. The monoisotopic (exact) mass is 216 g/mol. The molecule has 1 heterocycles. The lowest BCUT2D eigenvalue weighted by atomic mass is 9.84. The van der Waals surface area contributed by atoms with Gasteiger partial charge in [0.2, 0.25) is 0 Å². The van der Waals surface area contributed by atoms with E-state index in [-0.39, 0.29) is 0 Å². The van der Waals surface area contributed by atoms with Gasteiger partial charge in [-0.3, -0.25) is 0 Å². The van der Waals surface area contributed by atoms with Gasteiger partial charge >= 0.3 is 0 Å². The maximum absolute atomic E-state index is 6.01. The van der Waals surface area contributed by atoms with Crippen LogP contribution in [-0.4, -0.2) is 5.88 Å². The van der Waals surface area contributed by atoms with E-state index in [1.54, 1.807) is 0 Å². The summed E-state index contributed by atoms with van der Waals surface area (Å²) >= 11 is 7.84. The van der Waals surface area contributed by atoms with Gasteiger partial charge in [-0.2, -0.15) is 0 Å². The van der Waals surface area contributed by atoms with Crippen LogP contribution in [0.15, 0.2) is 17.5 Å². The molecule has 0 aliphatic heterocycles.